The summed E-state index contributed by atoms with van der Waals surface area (Å²) < 4.78 is 13.1. The molecule has 2 aromatic rings. The first-order valence-corrected chi connectivity index (χ1v) is 11.3. The van der Waals surface area contributed by atoms with Crippen molar-refractivity contribution in [1.82, 2.24) is 20.0 Å². The lowest BCUT2D eigenvalue weighted by Crippen LogP contribution is -2.47. The van der Waals surface area contributed by atoms with Gasteiger partial charge in [-0.2, -0.15) is 0 Å². The normalized spacial score (nSPS) is 15.2. The monoisotopic (exact) mass is 441 g/mol. The lowest BCUT2D eigenvalue weighted by Gasteiger charge is -2.30. The van der Waals surface area contributed by atoms with Gasteiger partial charge in [0, 0.05) is 44.2 Å². The van der Waals surface area contributed by atoms with Crippen LogP contribution in [0.25, 0.3) is 11.3 Å². The Labute approximate surface area is 189 Å². The van der Waals surface area contributed by atoms with Gasteiger partial charge in [0.05, 0.1) is 12.2 Å². The molecule has 1 atom stereocenters. The average Bonchev–Trinajstić information content (AvgIpc) is 3.08. The van der Waals surface area contributed by atoms with E-state index in [0.29, 0.717) is 31.7 Å². The fourth-order valence-electron chi connectivity index (χ4n) is 3.82. The molecule has 1 saturated heterocycles. The van der Waals surface area contributed by atoms with Gasteiger partial charge in [-0.25, -0.2) is 4.39 Å². The Hall–Kier alpha value is -3.03. The van der Waals surface area contributed by atoms with Crippen LogP contribution in [0, 0.1) is 5.82 Å². The first-order chi connectivity index (χ1) is 15.4. The molecular formula is C24H32FN5O2. The first kappa shape index (κ1) is 23.6. The van der Waals surface area contributed by atoms with Gasteiger partial charge in [0.2, 0.25) is 11.8 Å². The van der Waals surface area contributed by atoms with E-state index in [-0.39, 0.29) is 30.2 Å². The van der Waals surface area contributed by atoms with Crippen LogP contribution < -0.4 is 4.90 Å². The lowest BCUT2D eigenvalue weighted by molar-refractivity contribution is -0.142. The number of anilines is 1. The van der Waals surface area contributed by atoms with Crippen LogP contribution in [0.1, 0.15) is 40.0 Å². The molecule has 32 heavy (non-hydrogen) atoms. The maximum Gasteiger partial charge on any atom is 0.242 e. The number of aromatic nitrogens is 2. The van der Waals surface area contributed by atoms with Gasteiger partial charge < -0.3 is 14.7 Å². The molecule has 7 nitrogen and oxygen atoms in total. The molecule has 0 saturated carbocycles. The van der Waals surface area contributed by atoms with E-state index in [4.69, 9.17) is 0 Å². The van der Waals surface area contributed by atoms with E-state index in [2.05, 4.69) is 15.1 Å². The van der Waals surface area contributed by atoms with Crippen molar-refractivity contribution in [1.29, 1.82) is 0 Å². The molecule has 172 valence electrons. The molecule has 0 bridgehead atoms. The van der Waals surface area contributed by atoms with Crippen LogP contribution in [0.15, 0.2) is 36.4 Å². The standard InChI is InChI=1S/C24H32FN5O2/c1-4-18(3)30(23(31)5-2)17-24(32)29-14-6-13-28(15-16-29)22-12-11-21(26-27-22)19-7-9-20(25)10-8-19/h7-12,18H,4-6,13-17H2,1-3H3. The predicted molar refractivity (Wildman–Crippen MR) is 123 cm³/mol. The minimum absolute atomic E-state index is 0.00769. The summed E-state index contributed by atoms with van der Waals surface area (Å²) in [6, 6.07) is 10.0. The van der Waals surface area contributed by atoms with Crippen molar-refractivity contribution in [3.63, 3.8) is 0 Å². The summed E-state index contributed by atoms with van der Waals surface area (Å²) >= 11 is 0. The highest BCUT2D eigenvalue weighted by Gasteiger charge is 2.25. The molecule has 1 unspecified atom stereocenters. The van der Waals surface area contributed by atoms with Crippen molar-refractivity contribution < 1.29 is 14.0 Å². The molecule has 1 aliphatic heterocycles. The molecule has 0 N–H and O–H groups in total. The highest BCUT2D eigenvalue weighted by atomic mass is 19.1. The molecule has 3 rings (SSSR count). The van der Waals surface area contributed by atoms with Crippen molar-refractivity contribution in [3.8, 4) is 11.3 Å². The van der Waals surface area contributed by atoms with Crippen LogP contribution in [0.5, 0.6) is 0 Å². The molecule has 8 heteroatoms. The van der Waals surface area contributed by atoms with Crippen molar-refractivity contribution in [2.75, 3.05) is 37.6 Å². The Balaban J connectivity index is 1.61. The van der Waals surface area contributed by atoms with Gasteiger partial charge >= 0.3 is 0 Å². The van der Waals surface area contributed by atoms with Crippen LogP contribution in [-0.4, -0.2) is 70.6 Å². The van der Waals surface area contributed by atoms with Gasteiger partial charge in [-0.15, -0.1) is 10.2 Å². The number of rotatable bonds is 7. The average molecular weight is 442 g/mol. The minimum atomic E-state index is -0.284. The third-order valence-corrected chi connectivity index (χ3v) is 6.01. The van der Waals surface area contributed by atoms with Crippen LogP contribution in [0.3, 0.4) is 0 Å². The quantitative estimate of drug-likeness (QED) is 0.659. The minimum Gasteiger partial charge on any atom is -0.353 e. The van der Waals surface area contributed by atoms with E-state index in [1.807, 2.05) is 37.8 Å². The highest BCUT2D eigenvalue weighted by molar-refractivity contribution is 5.85. The van der Waals surface area contributed by atoms with E-state index in [0.717, 1.165) is 30.8 Å². The van der Waals surface area contributed by atoms with Gasteiger partial charge in [-0.05, 0) is 56.2 Å². The van der Waals surface area contributed by atoms with E-state index < -0.39 is 0 Å². The Kier molecular flexibility index (Phi) is 8.14. The molecule has 0 aliphatic carbocycles. The molecule has 1 aliphatic rings. The molecule has 2 heterocycles. The van der Waals surface area contributed by atoms with Crippen molar-refractivity contribution in [2.45, 2.75) is 46.1 Å². The number of hydrogen-bond acceptors (Lipinski definition) is 5. The summed E-state index contributed by atoms with van der Waals surface area (Å²) in [5.74, 6) is 0.480. The van der Waals surface area contributed by atoms with Crippen LogP contribution >= 0.6 is 0 Å². The van der Waals surface area contributed by atoms with Crippen molar-refractivity contribution in [2.24, 2.45) is 0 Å². The highest BCUT2D eigenvalue weighted by Crippen LogP contribution is 2.20. The first-order valence-electron chi connectivity index (χ1n) is 11.3. The zero-order valence-corrected chi connectivity index (χ0v) is 19.1. The number of nitrogens with zero attached hydrogens (tertiary/aromatic N) is 5. The number of amides is 2. The fourth-order valence-corrected chi connectivity index (χ4v) is 3.82. The number of hydrogen-bond donors (Lipinski definition) is 0. The Bertz CT molecular complexity index is 904. The van der Waals surface area contributed by atoms with Gasteiger partial charge in [0.1, 0.15) is 5.82 Å². The number of halogens is 1. The van der Waals surface area contributed by atoms with Crippen LogP contribution in [0.4, 0.5) is 10.2 Å². The zero-order chi connectivity index (χ0) is 23.1. The second-order valence-corrected chi connectivity index (χ2v) is 8.14. The van der Waals surface area contributed by atoms with E-state index in [1.54, 1.807) is 17.0 Å². The Morgan fingerprint density at radius 1 is 1.03 bits per heavy atom. The van der Waals surface area contributed by atoms with Crippen molar-refractivity contribution >= 4 is 17.6 Å². The van der Waals surface area contributed by atoms with Gasteiger partial charge in [-0.1, -0.05) is 13.8 Å². The maximum absolute atomic E-state index is 13.1. The van der Waals surface area contributed by atoms with E-state index in [9.17, 15) is 14.0 Å². The lowest BCUT2D eigenvalue weighted by atomic mass is 10.1. The molecular weight excluding hydrogens is 409 g/mol. The van der Waals surface area contributed by atoms with E-state index in [1.165, 1.54) is 12.1 Å². The summed E-state index contributed by atoms with van der Waals surface area (Å²) in [6.07, 6.45) is 2.04. The second-order valence-electron chi connectivity index (χ2n) is 8.14. The second kappa shape index (κ2) is 11.0. The van der Waals surface area contributed by atoms with Crippen molar-refractivity contribution in [3.05, 3.63) is 42.2 Å². The third-order valence-electron chi connectivity index (χ3n) is 6.01. The molecule has 2 amide bonds. The molecule has 1 fully saturated rings. The molecule has 1 aromatic carbocycles. The predicted octanol–water partition coefficient (Wildman–Crippen LogP) is 3.36. The molecule has 0 radical (unpaired) electrons. The zero-order valence-electron chi connectivity index (χ0n) is 19.1. The summed E-state index contributed by atoms with van der Waals surface area (Å²) in [6.45, 7) is 8.64. The summed E-state index contributed by atoms with van der Waals surface area (Å²) in [5.41, 5.74) is 1.50. The number of benzene rings is 1. The smallest absolute Gasteiger partial charge is 0.242 e. The van der Waals surface area contributed by atoms with E-state index >= 15 is 0 Å². The third kappa shape index (κ3) is 5.81. The number of carbonyl (C=O) groups is 2. The number of carbonyl (C=O) groups excluding carboxylic acids is 2. The SMILES string of the molecule is CCC(=O)N(CC(=O)N1CCCN(c2ccc(-c3ccc(F)cc3)nn2)CC1)C(C)CC. The van der Waals surface area contributed by atoms with Gasteiger partial charge in [-0.3, -0.25) is 9.59 Å². The fraction of sp³-hybridized carbons (Fsp3) is 0.500. The maximum atomic E-state index is 13.1. The van der Waals surface area contributed by atoms with Gasteiger partial charge in [0.25, 0.3) is 0 Å². The summed E-state index contributed by atoms with van der Waals surface area (Å²) in [7, 11) is 0. The topological polar surface area (TPSA) is 69.6 Å². The summed E-state index contributed by atoms with van der Waals surface area (Å²) in [5, 5.41) is 8.65. The Morgan fingerprint density at radius 2 is 1.78 bits per heavy atom. The molecule has 1 aromatic heterocycles. The molecule has 0 spiro atoms. The summed E-state index contributed by atoms with van der Waals surface area (Å²) in [4.78, 5) is 30.9. The van der Waals surface area contributed by atoms with Crippen LogP contribution in [0.2, 0.25) is 0 Å². The van der Waals surface area contributed by atoms with Gasteiger partial charge in [0.15, 0.2) is 5.82 Å². The van der Waals surface area contributed by atoms with Crippen LogP contribution in [-0.2, 0) is 9.59 Å². The Morgan fingerprint density at radius 3 is 2.41 bits per heavy atom. The largest absolute Gasteiger partial charge is 0.353 e.